The van der Waals surface area contributed by atoms with E-state index in [9.17, 15) is 19.1 Å². The minimum atomic E-state index is -0.900. The van der Waals surface area contributed by atoms with Crippen LogP contribution in [0, 0.1) is 5.95 Å². The van der Waals surface area contributed by atoms with E-state index in [-0.39, 0.29) is 23.9 Å². The summed E-state index contributed by atoms with van der Waals surface area (Å²) < 4.78 is 24.8. The highest BCUT2D eigenvalue weighted by Gasteiger charge is 2.27. The molecule has 1 amide bonds. The molecule has 1 aromatic carbocycles. The Morgan fingerprint density at radius 1 is 1.26 bits per heavy atom. The number of amides is 1. The smallest absolute Gasteiger partial charge is 0.414 e. The maximum atomic E-state index is 14.4. The fourth-order valence-corrected chi connectivity index (χ4v) is 4.10. The van der Waals surface area contributed by atoms with Crippen molar-refractivity contribution in [2.75, 3.05) is 16.8 Å². The number of nitrogens with zero attached hydrogens (tertiary/aromatic N) is 3. The van der Waals surface area contributed by atoms with Crippen molar-refractivity contribution >= 4 is 23.8 Å². The lowest BCUT2D eigenvalue weighted by Gasteiger charge is -2.36. The molecule has 4 rings (SSSR count). The van der Waals surface area contributed by atoms with E-state index in [1.807, 2.05) is 35.2 Å². The number of benzene rings is 1. The van der Waals surface area contributed by atoms with E-state index >= 15 is 0 Å². The molecule has 2 N–H and O–H groups in total. The average molecular weight is 468 g/mol. The first-order valence-corrected chi connectivity index (χ1v) is 11.0. The fourth-order valence-electron chi connectivity index (χ4n) is 4.10. The Balaban J connectivity index is 1.48. The number of ether oxygens (including phenoxy) is 1. The Morgan fingerprint density at radius 2 is 2.06 bits per heavy atom. The number of carbonyl (C=O) groups is 2. The van der Waals surface area contributed by atoms with E-state index in [1.165, 1.54) is 6.20 Å². The maximum absolute atomic E-state index is 14.4. The number of halogens is 1. The summed E-state index contributed by atoms with van der Waals surface area (Å²) in [5.74, 6) is -1.34. The molecular weight excluding hydrogens is 443 g/mol. The highest BCUT2D eigenvalue weighted by molar-refractivity contribution is 5.89. The largest absolute Gasteiger partial charge is 0.481 e. The Bertz CT molecular complexity index is 1140. The van der Waals surface area contributed by atoms with E-state index in [0.717, 1.165) is 24.8 Å². The van der Waals surface area contributed by atoms with Crippen LogP contribution < -0.4 is 10.2 Å². The third-order valence-electron chi connectivity index (χ3n) is 5.79. The number of rotatable bonds is 7. The molecule has 3 heterocycles. The number of piperidine rings is 1. The Kier molecular flexibility index (Phi) is 7.05. The van der Waals surface area contributed by atoms with E-state index in [0.29, 0.717) is 17.9 Å². The number of pyridine rings is 1. The van der Waals surface area contributed by atoms with Crippen molar-refractivity contribution in [1.29, 1.82) is 0 Å². The van der Waals surface area contributed by atoms with Gasteiger partial charge in [0, 0.05) is 24.3 Å². The number of carbonyl (C=O) groups excluding carboxylic acids is 1. The molecule has 1 fully saturated rings. The van der Waals surface area contributed by atoms with Crippen LogP contribution in [0.3, 0.4) is 0 Å². The van der Waals surface area contributed by atoms with E-state index < -0.39 is 24.1 Å². The second kappa shape index (κ2) is 10.3. The zero-order chi connectivity index (χ0) is 24.1. The van der Waals surface area contributed by atoms with Gasteiger partial charge in [0.25, 0.3) is 5.95 Å². The van der Waals surface area contributed by atoms with Crippen molar-refractivity contribution < 1.29 is 28.3 Å². The van der Waals surface area contributed by atoms with Crippen LogP contribution in [0.25, 0.3) is 11.1 Å². The van der Waals surface area contributed by atoms with Gasteiger partial charge in [-0.05, 0) is 49.0 Å². The summed E-state index contributed by atoms with van der Waals surface area (Å²) in [6.07, 6.45) is 2.81. The first-order chi connectivity index (χ1) is 16.4. The van der Waals surface area contributed by atoms with E-state index in [1.54, 1.807) is 19.1 Å². The van der Waals surface area contributed by atoms with Crippen LogP contribution in [0.1, 0.15) is 44.3 Å². The summed E-state index contributed by atoms with van der Waals surface area (Å²) >= 11 is 0. The summed E-state index contributed by atoms with van der Waals surface area (Å²) in [4.78, 5) is 30.0. The monoisotopic (exact) mass is 468 g/mol. The van der Waals surface area contributed by atoms with Crippen LogP contribution in [0.15, 0.2) is 53.2 Å². The molecule has 34 heavy (non-hydrogen) atoms. The van der Waals surface area contributed by atoms with Crippen molar-refractivity contribution in [1.82, 2.24) is 10.1 Å². The quantitative estimate of drug-likeness (QED) is 0.496. The molecule has 3 aromatic rings. The second-order valence-electron chi connectivity index (χ2n) is 8.11. The van der Waals surface area contributed by atoms with Crippen LogP contribution >= 0.6 is 0 Å². The van der Waals surface area contributed by atoms with E-state index in [4.69, 9.17) is 9.26 Å². The van der Waals surface area contributed by atoms with Crippen molar-refractivity contribution in [2.45, 2.75) is 44.8 Å². The molecule has 1 aliphatic heterocycles. The van der Waals surface area contributed by atoms with E-state index in [2.05, 4.69) is 15.5 Å². The molecule has 178 valence electrons. The first-order valence-electron chi connectivity index (χ1n) is 11.0. The van der Waals surface area contributed by atoms with Crippen LogP contribution in [-0.2, 0) is 9.53 Å². The van der Waals surface area contributed by atoms with Gasteiger partial charge in [0.2, 0.25) is 5.88 Å². The molecule has 0 spiro atoms. The predicted molar refractivity (Wildman–Crippen MR) is 122 cm³/mol. The summed E-state index contributed by atoms with van der Waals surface area (Å²) in [7, 11) is 0. The minimum absolute atomic E-state index is 0.0291. The lowest BCUT2D eigenvalue weighted by molar-refractivity contribution is -0.137. The third-order valence-corrected chi connectivity index (χ3v) is 5.79. The van der Waals surface area contributed by atoms with Gasteiger partial charge in [-0.3, -0.25) is 10.1 Å². The molecule has 1 saturated heterocycles. The third kappa shape index (κ3) is 5.33. The van der Waals surface area contributed by atoms with Gasteiger partial charge in [-0.25, -0.2) is 9.78 Å². The molecule has 0 bridgehead atoms. The molecule has 0 radical (unpaired) electrons. The van der Waals surface area contributed by atoms with Crippen molar-refractivity contribution in [3.63, 3.8) is 0 Å². The number of nitrogens with one attached hydrogen (secondary N) is 1. The van der Waals surface area contributed by atoms with Crippen LogP contribution in [-0.4, -0.2) is 39.9 Å². The van der Waals surface area contributed by atoms with Crippen LogP contribution in [0.4, 0.5) is 20.9 Å². The maximum Gasteiger partial charge on any atom is 0.414 e. The van der Waals surface area contributed by atoms with Gasteiger partial charge >= 0.3 is 12.1 Å². The lowest BCUT2D eigenvalue weighted by atomic mass is 9.99. The van der Waals surface area contributed by atoms with Crippen molar-refractivity contribution in [3.05, 3.63) is 60.2 Å². The number of carboxylic acids is 1. The molecule has 2 aromatic heterocycles. The number of carboxylic acid groups (broad SMARTS) is 1. The molecule has 0 saturated carbocycles. The average Bonchev–Trinajstić information content (AvgIpc) is 3.19. The Morgan fingerprint density at radius 3 is 2.76 bits per heavy atom. The van der Waals surface area contributed by atoms with Gasteiger partial charge < -0.3 is 19.3 Å². The number of aromatic nitrogens is 2. The van der Waals surface area contributed by atoms with Gasteiger partial charge in [0.05, 0.1) is 6.42 Å². The first kappa shape index (κ1) is 23.2. The topological polar surface area (TPSA) is 118 Å². The zero-order valence-corrected chi connectivity index (χ0v) is 18.6. The molecule has 1 aliphatic rings. The standard InChI is InChI=1S/C24H25FN4O5/c1-15(16-7-3-2-4-8-16)33-24(32)27-23-21(22(25)28-34-23)17-10-11-19(26-14-17)29-12-6-5-9-18(29)13-20(30)31/h2-4,7-8,10-11,14-15,18H,5-6,9,12-13H2,1H3,(H,27,32)(H,30,31). The van der Waals surface area contributed by atoms with Crippen molar-refractivity contribution in [2.24, 2.45) is 0 Å². The molecular formula is C24H25FN4O5. The molecule has 0 aliphatic carbocycles. The summed E-state index contributed by atoms with van der Waals surface area (Å²) in [5.41, 5.74) is 1.10. The zero-order valence-electron chi connectivity index (χ0n) is 18.6. The van der Waals surface area contributed by atoms with Crippen LogP contribution in [0.5, 0.6) is 0 Å². The van der Waals surface area contributed by atoms with Gasteiger partial charge in [0.1, 0.15) is 17.5 Å². The minimum Gasteiger partial charge on any atom is -0.481 e. The Labute approximate surface area is 195 Å². The number of hydrogen-bond acceptors (Lipinski definition) is 7. The van der Waals surface area contributed by atoms with Gasteiger partial charge in [0.15, 0.2) is 0 Å². The molecule has 9 nitrogen and oxygen atoms in total. The second-order valence-corrected chi connectivity index (χ2v) is 8.11. The molecule has 2 unspecified atom stereocenters. The lowest BCUT2D eigenvalue weighted by Crippen LogP contribution is -2.41. The highest BCUT2D eigenvalue weighted by atomic mass is 19.1. The highest BCUT2D eigenvalue weighted by Crippen LogP contribution is 2.33. The number of hydrogen-bond donors (Lipinski definition) is 2. The van der Waals surface area contributed by atoms with Gasteiger partial charge in [-0.2, -0.15) is 4.39 Å². The summed E-state index contributed by atoms with van der Waals surface area (Å²) in [6.45, 7) is 2.42. The van der Waals surface area contributed by atoms with Gasteiger partial charge in [-0.15, -0.1) is 0 Å². The fraction of sp³-hybridized carbons (Fsp3) is 0.333. The Hall–Kier alpha value is -3.95. The van der Waals surface area contributed by atoms with Crippen molar-refractivity contribution in [3.8, 4) is 11.1 Å². The van der Waals surface area contributed by atoms with Gasteiger partial charge in [-0.1, -0.05) is 30.3 Å². The molecule has 2 atom stereocenters. The summed E-state index contributed by atoms with van der Waals surface area (Å²) in [6, 6.07) is 12.4. The summed E-state index contributed by atoms with van der Waals surface area (Å²) in [5, 5.41) is 14.9. The molecule has 10 heteroatoms. The number of anilines is 2. The number of aliphatic carboxylic acids is 1. The predicted octanol–water partition coefficient (Wildman–Crippen LogP) is 5.02. The normalized spacial score (nSPS) is 16.6. The van der Waals surface area contributed by atoms with Crippen LogP contribution in [0.2, 0.25) is 0 Å². The SMILES string of the molecule is CC(OC(=O)Nc1onc(F)c1-c1ccc(N2CCCCC2CC(=O)O)nc1)c1ccccc1.